The Morgan fingerprint density at radius 2 is 2.28 bits per heavy atom. The fourth-order valence-electron chi connectivity index (χ4n) is 2.09. The Morgan fingerprint density at radius 3 is 2.94 bits per heavy atom. The molecule has 18 heavy (non-hydrogen) atoms. The Hall–Kier alpha value is -1.62. The summed E-state index contributed by atoms with van der Waals surface area (Å²) in [6, 6.07) is 1.25. The molecule has 0 aromatic carbocycles. The van der Waals surface area contributed by atoms with E-state index < -0.39 is 12.0 Å². The quantitative estimate of drug-likeness (QED) is 0.853. The SMILES string of the molecule is O=C(O)C1CCCCN1C(=O)C=Cc1ccsc1. The molecular weight excluding hydrogens is 250 g/mol. The lowest BCUT2D eigenvalue weighted by atomic mass is 10.0. The molecule has 0 saturated carbocycles. The van der Waals surface area contributed by atoms with E-state index in [4.69, 9.17) is 5.11 Å². The molecule has 2 rings (SSSR count). The molecule has 0 spiro atoms. The van der Waals surface area contributed by atoms with Crippen LogP contribution in [0.1, 0.15) is 24.8 Å². The molecule has 5 heteroatoms. The summed E-state index contributed by atoms with van der Waals surface area (Å²) in [4.78, 5) is 24.5. The average Bonchev–Trinajstić information content (AvgIpc) is 2.89. The highest BCUT2D eigenvalue weighted by atomic mass is 32.1. The molecule has 0 radical (unpaired) electrons. The van der Waals surface area contributed by atoms with Crippen LogP contribution in [0.4, 0.5) is 0 Å². The number of nitrogens with zero attached hydrogens (tertiary/aromatic N) is 1. The Morgan fingerprint density at radius 1 is 1.44 bits per heavy atom. The van der Waals surface area contributed by atoms with Crippen molar-refractivity contribution in [3.8, 4) is 0 Å². The van der Waals surface area contributed by atoms with Crippen molar-refractivity contribution in [1.82, 2.24) is 4.90 Å². The maximum absolute atomic E-state index is 12.0. The number of amides is 1. The van der Waals surface area contributed by atoms with Gasteiger partial charge in [0, 0.05) is 12.6 Å². The summed E-state index contributed by atoms with van der Waals surface area (Å²) in [6.07, 6.45) is 5.49. The van der Waals surface area contributed by atoms with Crippen LogP contribution in [0, 0.1) is 0 Å². The lowest BCUT2D eigenvalue weighted by Gasteiger charge is -2.32. The van der Waals surface area contributed by atoms with Crippen LogP contribution in [0.15, 0.2) is 22.9 Å². The third kappa shape index (κ3) is 2.98. The topological polar surface area (TPSA) is 57.6 Å². The van der Waals surface area contributed by atoms with E-state index in [0.29, 0.717) is 13.0 Å². The van der Waals surface area contributed by atoms with E-state index >= 15 is 0 Å². The van der Waals surface area contributed by atoms with Gasteiger partial charge < -0.3 is 10.0 Å². The standard InChI is InChI=1S/C13H15NO3S/c15-12(5-4-10-6-8-18-9-10)14-7-2-1-3-11(14)13(16)17/h4-6,8-9,11H,1-3,7H2,(H,16,17). The van der Waals surface area contributed by atoms with Crippen molar-refractivity contribution in [2.75, 3.05) is 6.54 Å². The molecule has 2 heterocycles. The second-order valence-corrected chi connectivity index (χ2v) is 5.05. The van der Waals surface area contributed by atoms with E-state index in [0.717, 1.165) is 18.4 Å². The van der Waals surface area contributed by atoms with E-state index in [1.807, 2.05) is 16.8 Å². The number of rotatable bonds is 3. The van der Waals surface area contributed by atoms with Crippen LogP contribution in [0.5, 0.6) is 0 Å². The van der Waals surface area contributed by atoms with Crippen LogP contribution in [0.3, 0.4) is 0 Å². The molecule has 1 aromatic rings. The van der Waals surface area contributed by atoms with Gasteiger partial charge in [-0.15, -0.1) is 0 Å². The number of thiophene rings is 1. The minimum Gasteiger partial charge on any atom is -0.480 e. The summed E-state index contributed by atoms with van der Waals surface area (Å²) in [5, 5.41) is 13.0. The van der Waals surface area contributed by atoms with E-state index in [2.05, 4.69) is 0 Å². The fourth-order valence-corrected chi connectivity index (χ4v) is 2.71. The molecule has 1 fully saturated rings. The predicted octanol–water partition coefficient (Wildman–Crippen LogP) is 2.23. The van der Waals surface area contributed by atoms with Crippen LogP contribution < -0.4 is 0 Å². The van der Waals surface area contributed by atoms with Gasteiger partial charge in [0.15, 0.2) is 0 Å². The first-order valence-electron chi connectivity index (χ1n) is 5.92. The highest BCUT2D eigenvalue weighted by Gasteiger charge is 2.30. The normalized spacial score (nSPS) is 20.2. The van der Waals surface area contributed by atoms with Crippen LogP contribution in [-0.2, 0) is 9.59 Å². The van der Waals surface area contributed by atoms with Gasteiger partial charge in [-0.2, -0.15) is 11.3 Å². The van der Waals surface area contributed by atoms with Crippen LogP contribution in [0.25, 0.3) is 6.08 Å². The number of carboxylic acid groups (broad SMARTS) is 1. The maximum Gasteiger partial charge on any atom is 0.326 e. The molecule has 1 unspecified atom stereocenters. The molecular formula is C13H15NO3S. The zero-order valence-electron chi connectivity index (χ0n) is 9.91. The van der Waals surface area contributed by atoms with Crippen molar-refractivity contribution in [3.63, 3.8) is 0 Å². The minimum absolute atomic E-state index is 0.215. The molecule has 1 aliphatic rings. The lowest BCUT2D eigenvalue weighted by molar-refractivity contribution is -0.150. The summed E-state index contributed by atoms with van der Waals surface area (Å²) in [5.74, 6) is -1.12. The number of carbonyl (C=O) groups excluding carboxylic acids is 1. The summed E-state index contributed by atoms with van der Waals surface area (Å²) < 4.78 is 0. The van der Waals surface area contributed by atoms with Crippen molar-refractivity contribution in [3.05, 3.63) is 28.5 Å². The summed E-state index contributed by atoms with van der Waals surface area (Å²) in [7, 11) is 0. The maximum atomic E-state index is 12.0. The van der Waals surface area contributed by atoms with E-state index in [-0.39, 0.29) is 5.91 Å². The molecule has 1 N–H and O–H groups in total. The first-order valence-corrected chi connectivity index (χ1v) is 6.86. The number of hydrogen-bond donors (Lipinski definition) is 1. The van der Waals surface area contributed by atoms with Gasteiger partial charge in [0.2, 0.25) is 5.91 Å². The molecule has 1 amide bonds. The largest absolute Gasteiger partial charge is 0.480 e. The van der Waals surface area contributed by atoms with Gasteiger partial charge in [-0.3, -0.25) is 4.79 Å². The number of hydrogen-bond acceptors (Lipinski definition) is 3. The highest BCUT2D eigenvalue weighted by Crippen LogP contribution is 2.18. The predicted molar refractivity (Wildman–Crippen MR) is 70.3 cm³/mol. The molecule has 4 nitrogen and oxygen atoms in total. The number of carbonyl (C=O) groups is 2. The lowest BCUT2D eigenvalue weighted by Crippen LogP contribution is -2.47. The van der Waals surface area contributed by atoms with Crippen LogP contribution in [0.2, 0.25) is 0 Å². The van der Waals surface area contributed by atoms with E-state index in [1.165, 1.54) is 11.0 Å². The second-order valence-electron chi connectivity index (χ2n) is 4.27. The first-order chi connectivity index (χ1) is 8.68. The van der Waals surface area contributed by atoms with Crippen LogP contribution >= 0.6 is 11.3 Å². The third-order valence-corrected chi connectivity index (χ3v) is 3.73. The fraction of sp³-hybridized carbons (Fsp3) is 0.385. The van der Waals surface area contributed by atoms with Gasteiger partial charge in [0.05, 0.1) is 0 Å². The number of piperidine rings is 1. The van der Waals surface area contributed by atoms with Gasteiger partial charge in [0.1, 0.15) is 6.04 Å². The van der Waals surface area contributed by atoms with Gasteiger partial charge in [-0.05, 0) is 47.7 Å². The van der Waals surface area contributed by atoms with Gasteiger partial charge in [0.25, 0.3) is 0 Å². The smallest absolute Gasteiger partial charge is 0.326 e. The van der Waals surface area contributed by atoms with Crippen LogP contribution in [-0.4, -0.2) is 34.5 Å². The monoisotopic (exact) mass is 265 g/mol. The Kier molecular flexibility index (Phi) is 4.15. The van der Waals surface area contributed by atoms with Gasteiger partial charge in [-0.1, -0.05) is 0 Å². The highest BCUT2D eigenvalue weighted by molar-refractivity contribution is 7.08. The Balaban J connectivity index is 2.04. The molecule has 0 aliphatic carbocycles. The number of aliphatic carboxylic acids is 1. The third-order valence-electron chi connectivity index (χ3n) is 3.03. The number of likely N-dealkylation sites (tertiary alicyclic amines) is 1. The summed E-state index contributed by atoms with van der Waals surface area (Å²) in [5.41, 5.74) is 0.970. The van der Waals surface area contributed by atoms with Crippen molar-refractivity contribution in [2.24, 2.45) is 0 Å². The Bertz CT molecular complexity index is 453. The zero-order valence-corrected chi connectivity index (χ0v) is 10.7. The molecule has 96 valence electrons. The van der Waals surface area contributed by atoms with Crippen molar-refractivity contribution in [1.29, 1.82) is 0 Å². The van der Waals surface area contributed by atoms with Crippen molar-refractivity contribution < 1.29 is 14.7 Å². The average molecular weight is 265 g/mol. The minimum atomic E-state index is -0.910. The van der Waals surface area contributed by atoms with Gasteiger partial charge in [-0.25, -0.2) is 4.79 Å². The van der Waals surface area contributed by atoms with E-state index in [1.54, 1.807) is 17.4 Å². The zero-order chi connectivity index (χ0) is 13.0. The number of carboxylic acids is 1. The van der Waals surface area contributed by atoms with Crippen molar-refractivity contribution in [2.45, 2.75) is 25.3 Å². The second kappa shape index (κ2) is 5.82. The summed E-state index contributed by atoms with van der Waals surface area (Å²) >= 11 is 1.56. The molecule has 0 bridgehead atoms. The van der Waals surface area contributed by atoms with Crippen molar-refractivity contribution >= 4 is 29.3 Å². The molecule has 1 saturated heterocycles. The molecule has 1 atom stereocenters. The first kappa shape index (κ1) is 12.8. The van der Waals surface area contributed by atoms with E-state index in [9.17, 15) is 9.59 Å². The Labute approximate surface area is 110 Å². The van der Waals surface area contributed by atoms with Gasteiger partial charge >= 0.3 is 5.97 Å². The summed E-state index contributed by atoms with van der Waals surface area (Å²) in [6.45, 7) is 0.532. The molecule has 1 aliphatic heterocycles. The molecule has 1 aromatic heterocycles.